The fraction of sp³-hybridized carbons (Fsp3) is 0.111. The molecule has 0 spiro atoms. The Labute approximate surface area is 96.3 Å². The molecule has 0 saturated heterocycles. The summed E-state index contributed by atoms with van der Waals surface area (Å²) in [7, 11) is 1.48. The third-order valence-corrected chi connectivity index (χ3v) is 1.96. The molecule has 0 saturated carbocycles. The second-order valence-electron chi connectivity index (χ2n) is 3.00. The van der Waals surface area contributed by atoms with E-state index in [2.05, 4.69) is 31.2 Å². The highest BCUT2D eigenvalue weighted by Gasteiger charge is 2.04. The summed E-state index contributed by atoms with van der Waals surface area (Å²) in [6.07, 6.45) is 1.42. The van der Waals surface area contributed by atoms with Crippen LogP contribution < -0.4 is 10.2 Å². The fourth-order valence-corrected chi connectivity index (χ4v) is 1.18. The molecule has 2 aromatic rings. The Balaban J connectivity index is 2.10. The van der Waals surface area contributed by atoms with Crippen molar-refractivity contribution in [3.63, 3.8) is 0 Å². The minimum absolute atomic E-state index is 0.0219. The van der Waals surface area contributed by atoms with Gasteiger partial charge in [-0.1, -0.05) is 11.2 Å². The van der Waals surface area contributed by atoms with Crippen LogP contribution in [0.25, 0.3) is 0 Å². The number of methoxy groups -OCH3 is 1. The third-order valence-electron chi connectivity index (χ3n) is 1.96. The second-order valence-corrected chi connectivity index (χ2v) is 3.00. The number of hydrogen-bond donors (Lipinski definition) is 3. The van der Waals surface area contributed by atoms with Crippen molar-refractivity contribution in [3.05, 3.63) is 23.8 Å². The minimum atomic E-state index is 0.0219. The van der Waals surface area contributed by atoms with Gasteiger partial charge >= 0.3 is 0 Å². The normalized spacial score (nSPS) is 10.6. The zero-order chi connectivity index (χ0) is 12.1. The minimum Gasteiger partial charge on any atom is -0.504 e. The summed E-state index contributed by atoms with van der Waals surface area (Å²) in [6, 6.07) is 5.09. The number of nitrogens with one attached hydrogen (secondary N) is 2. The maximum atomic E-state index is 9.75. The Kier molecular flexibility index (Phi) is 3.15. The van der Waals surface area contributed by atoms with Gasteiger partial charge in [0.15, 0.2) is 11.5 Å². The second kappa shape index (κ2) is 4.92. The summed E-state index contributed by atoms with van der Waals surface area (Å²) in [5.74, 6) is 0.644. The number of benzene rings is 1. The molecule has 3 N–H and O–H groups in total. The average molecular weight is 234 g/mol. The number of aromatic hydroxyl groups is 1. The summed E-state index contributed by atoms with van der Waals surface area (Å²) in [5.41, 5.74) is 3.05. The molecule has 0 aliphatic rings. The Hall–Kier alpha value is -2.64. The van der Waals surface area contributed by atoms with Crippen LogP contribution in [0.4, 0.5) is 5.95 Å². The van der Waals surface area contributed by atoms with E-state index in [4.69, 9.17) is 4.74 Å². The van der Waals surface area contributed by atoms with Crippen molar-refractivity contribution in [1.29, 1.82) is 0 Å². The van der Waals surface area contributed by atoms with Crippen molar-refractivity contribution in [2.24, 2.45) is 5.10 Å². The smallest absolute Gasteiger partial charge is 0.283 e. The fourth-order valence-electron chi connectivity index (χ4n) is 1.18. The summed E-state index contributed by atoms with van der Waals surface area (Å²) < 4.78 is 4.97. The van der Waals surface area contributed by atoms with Crippen LogP contribution in [-0.4, -0.2) is 39.1 Å². The van der Waals surface area contributed by atoms with Crippen LogP contribution in [0.1, 0.15) is 5.56 Å². The molecule has 0 bridgehead atoms. The molecule has 0 aliphatic heterocycles. The molecule has 88 valence electrons. The van der Waals surface area contributed by atoms with Crippen molar-refractivity contribution in [2.75, 3.05) is 12.5 Å². The van der Waals surface area contributed by atoms with Crippen molar-refractivity contribution < 1.29 is 9.84 Å². The van der Waals surface area contributed by atoms with Crippen molar-refractivity contribution >= 4 is 12.2 Å². The van der Waals surface area contributed by atoms with Crippen LogP contribution in [0.2, 0.25) is 0 Å². The zero-order valence-electron chi connectivity index (χ0n) is 8.95. The van der Waals surface area contributed by atoms with Gasteiger partial charge in [-0.25, -0.2) is 5.43 Å². The van der Waals surface area contributed by atoms with E-state index < -0.39 is 0 Å². The van der Waals surface area contributed by atoms with Crippen LogP contribution in [-0.2, 0) is 0 Å². The van der Waals surface area contributed by atoms with E-state index in [1.165, 1.54) is 13.3 Å². The molecule has 0 fully saturated rings. The number of H-pyrrole nitrogens is 1. The van der Waals surface area contributed by atoms with Crippen LogP contribution in [0.15, 0.2) is 23.3 Å². The predicted molar refractivity (Wildman–Crippen MR) is 60.1 cm³/mol. The number of rotatable bonds is 4. The first-order chi connectivity index (χ1) is 8.31. The summed E-state index contributed by atoms with van der Waals surface area (Å²) in [6.45, 7) is 0. The van der Waals surface area contributed by atoms with E-state index in [-0.39, 0.29) is 11.7 Å². The molecule has 1 heterocycles. The van der Waals surface area contributed by atoms with Gasteiger partial charge in [0.05, 0.1) is 13.3 Å². The van der Waals surface area contributed by atoms with E-state index in [0.717, 1.165) is 0 Å². The summed E-state index contributed by atoms with van der Waals surface area (Å²) in [4.78, 5) is 0. The number of ether oxygens (including phenoxy) is 1. The van der Waals surface area contributed by atoms with Gasteiger partial charge in [0.25, 0.3) is 5.95 Å². The number of nitrogens with zero attached hydrogens (tertiary/aromatic N) is 4. The highest BCUT2D eigenvalue weighted by Crippen LogP contribution is 2.27. The lowest BCUT2D eigenvalue weighted by Gasteiger charge is -2.04. The molecule has 8 heteroatoms. The Morgan fingerprint density at radius 2 is 2.41 bits per heavy atom. The van der Waals surface area contributed by atoms with Gasteiger partial charge in [0.1, 0.15) is 0 Å². The van der Waals surface area contributed by atoms with Crippen LogP contribution in [0.3, 0.4) is 0 Å². The lowest BCUT2D eigenvalue weighted by atomic mass is 10.2. The monoisotopic (exact) mass is 234 g/mol. The van der Waals surface area contributed by atoms with E-state index in [9.17, 15) is 5.11 Å². The SMILES string of the molecule is COc1cccc(/C=N/Nc2nn[nH]n2)c1O. The lowest BCUT2D eigenvalue weighted by molar-refractivity contribution is 0.373. The number of para-hydroxylation sites is 1. The number of aromatic nitrogens is 4. The number of hydrogen-bond acceptors (Lipinski definition) is 7. The van der Waals surface area contributed by atoms with E-state index >= 15 is 0 Å². The number of aromatic amines is 1. The van der Waals surface area contributed by atoms with Crippen LogP contribution in [0, 0.1) is 0 Å². The maximum absolute atomic E-state index is 9.75. The first-order valence-corrected chi connectivity index (χ1v) is 4.69. The highest BCUT2D eigenvalue weighted by molar-refractivity contribution is 5.85. The third kappa shape index (κ3) is 2.48. The highest BCUT2D eigenvalue weighted by atomic mass is 16.5. The molecule has 1 aromatic heterocycles. The molecule has 8 nitrogen and oxygen atoms in total. The van der Waals surface area contributed by atoms with Gasteiger partial charge in [0, 0.05) is 5.56 Å². The first kappa shape index (κ1) is 10.9. The standard InChI is InChI=1S/C9H10N6O2/c1-17-7-4-2-3-6(8(7)16)5-10-11-9-12-14-15-13-9/h2-5,16H,1H3,(H2,11,12,13,14,15)/b10-5+. The van der Waals surface area contributed by atoms with Crippen LogP contribution >= 0.6 is 0 Å². The molecule has 2 rings (SSSR count). The molecule has 0 aliphatic carbocycles. The molecule has 0 unspecified atom stereocenters. The average Bonchev–Trinajstić information content (AvgIpc) is 2.84. The topological polar surface area (TPSA) is 108 Å². The number of hydrazone groups is 1. The first-order valence-electron chi connectivity index (χ1n) is 4.69. The summed E-state index contributed by atoms with van der Waals surface area (Å²) in [5, 5.41) is 26.5. The molecule has 0 amide bonds. The maximum Gasteiger partial charge on any atom is 0.283 e. The molecule has 0 radical (unpaired) electrons. The van der Waals surface area contributed by atoms with Gasteiger partial charge in [0.2, 0.25) is 0 Å². The lowest BCUT2D eigenvalue weighted by Crippen LogP contribution is -1.94. The van der Waals surface area contributed by atoms with Gasteiger partial charge in [-0.2, -0.15) is 10.3 Å². The molecule has 17 heavy (non-hydrogen) atoms. The molecular weight excluding hydrogens is 224 g/mol. The number of anilines is 1. The number of phenolic OH excluding ortho intramolecular Hbond substituents is 1. The quantitative estimate of drug-likeness (QED) is 0.520. The van der Waals surface area contributed by atoms with E-state index in [0.29, 0.717) is 11.3 Å². The van der Waals surface area contributed by atoms with Gasteiger partial charge < -0.3 is 9.84 Å². The van der Waals surface area contributed by atoms with E-state index in [1.807, 2.05) is 0 Å². The predicted octanol–water partition coefficient (Wildman–Crippen LogP) is 0.360. The van der Waals surface area contributed by atoms with Crippen molar-refractivity contribution in [1.82, 2.24) is 20.6 Å². The Morgan fingerprint density at radius 3 is 3.12 bits per heavy atom. The largest absolute Gasteiger partial charge is 0.504 e. The van der Waals surface area contributed by atoms with Crippen molar-refractivity contribution in [3.8, 4) is 11.5 Å². The Bertz CT molecular complexity index is 510. The molecule has 1 aromatic carbocycles. The van der Waals surface area contributed by atoms with Gasteiger partial charge in [-0.05, 0) is 17.3 Å². The Morgan fingerprint density at radius 1 is 1.53 bits per heavy atom. The van der Waals surface area contributed by atoms with E-state index in [1.54, 1.807) is 18.2 Å². The number of tetrazole rings is 1. The van der Waals surface area contributed by atoms with Gasteiger partial charge in [-0.15, -0.1) is 5.10 Å². The number of phenols is 1. The van der Waals surface area contributed by atoms with Crippen molar-refractivity contribution in [2.45, 2.75) is 0 Å². The molecular formula is C9H10N6O2. The molecule has 0 atom stereocenters. The summed E-state index contributed by atoms with van der Waals surface area (Å²) >= 11 is 0. The van der Waals surface area contributed by atoms with Gasteiger partial charge in [-0.3, -0.25) is 0 Å². The van der Waals surface area contributed by atoms with Crippen LogP contribution in [0.5, 0.6) is 11.5 Å². The zero-order valence-corrected chi connectivity index (χ0v) is 8.95.